The van der Waals surface area contributed by atoms with Crippen LogP contribution in [0, 0.1) is 12.7 Å². The number of likely N-dealkylation sites (tertiary alicyclic amines) is 1. The van der Waals surface area contributed by atoms with Gasteiger partial charge in [0.05, 0.1) is 5.56 Å². The molecule has 3 aromatic rings. The number of piperidine rings is 1. The van der Waals surface area contributed by atoms with E-state index in [1.165, 1.54) is 6.20 Å². The smallest absolute Gasteiger partial charge is 0.308 e. The van der Waals surface area contributed by atoms with Crippen molar-refractivity contribution in [3.05, 3.63) is 47.2 Å². The molecular weight excluding hydrogens is 470 g/mol. The van der Waals surface area contributed by atoms with Crippen LogP contribution >= 0.6 is 0 Å². The number of rotatable bonds is 3. The van der Waals surface area contributed by atoms with Crippen LogP contribution in [0.3, 0.4) is 0 Å². The molecule has 13 heteroatoms. The van der Waals surface area contributed by atoms with Crippen LogP contribution in [0.15, 0.2) is 24.4 Å². The Morgan fingerprint density at radius 1 is 1.17 bits per heavy atom. The van der Waals surface area contributed by atoms with Crippen molar-refractivity contribution in [1.82, 2.24) is 25.0 Å². The van der Waals surface area contributed by atoms with Crippen molar-refractivity contribution < 1.29 is 31.7 Å². The molecule has 1 saturated heterocycles. The average Bonchev–Trinajstić information content (AvgIpc) is 3.07. The van der Waals surface area contributed by atoms with Crippen LogP contribution < -0.4 is 15.2 Å². The lowest BCUT2D eigenvalue weighted by Crippen LogP contribution is -2.52. The number of amides is 3. The molecule has 1 aliphatic heterocycles. The number of nitrogens with zero attached hydrogens (tertiary/aromatic N) is 5. The molecule has 0 bridgehead atoms. The summed E-state index contributed by atoms with van der Waals surface area (Å²) in [6.07, 6.45) is -2.06. The van der Waals surface area contributed by atoms with E-state index >= 15 is 0 Å². The molecule has 0 spiro atoms. The molecule has 0 saturated carbocycles. The van der Waals surface area contributed by atoms with Crippen molar-refractivity contribution in [2.45, 2.75) is 32.0 Å². The van der Waals surface area contributed by atoms with Crippen LogP contribution in [0.4, 0.5) is 28.0 Å². The van der Waals surface area contributed by atoms with E-state index in [1.807, 2.05) is 11.6 Å². The summed E-state index contributed by atoms with van der Waals surface area (Å²) >= 11 is 0. The second kappa shape index (κ2) is 9.21. The van der Waals surface area contributed by atoms with Gasteiger partial charge in [0.1, 0.15) is 17.7 Å². The fourth-order valence-corrected chi connectivity index (χ4v) is 4.32. The number of hydrogen-bond acceptors (Lipinski definition) is 5. The molecule has 186 valence electrons. The van der Waals surface area contributed by atoms with E-state index in [1.54, 1.807) is 18.7 Å². The molecular formula is C22H24F4N7O2+. The standard InChI is InChI=1S/C22H23F4N7O2/c1-12-18-19(32(3)30-12)27-11-17(33(18)14-6-8-31(2)9-7-14)20(34)29-21(35)28-13-4-5-16(23)15(10-13)22(24,25)26/h4-5,10-11,14H,6-9H2,1-3H3,(H-,28,29,34,35)/p+1. The Labute approximate surface area is 197 Å². The Kier molecular flexibility index (Phi) is 6.45. The zero-order valence-electron chi connectivity index (χ0n) is 19.3. The summed E-state index contributed by atoms with van der Waals surface area (Å²) in [6, 6.07) is 0.921. The summed E-state index contributed by atoms with van der Waals surface area (Å²) < 4.78 is 55.9. The van der Waals surface area contributed by atoms with Gasteiger partial charge in [0.2, 0.25) is 5.65 Å². The molecule has 3 amide bonds. The van der Waals surface area contributed by atoms with E-state index in [4.69, 9.17) is 0 Å². The topological polar surface area (TPSA) is 96.0 Å². The molecule has 1 fully saturated rings. The van der Waals surface area contributed by atoms with Gasteiger partial charge in [-0.25, -0.2) is 18.9 Å². The van der Waals surface area contributed by atoms with Gasteiger partial charge in [0.15, 0.2) is 6.04 Å². The molecule has 35 heavy (non-hydrogen) atoms. The summed E-state index contributed by atoms with van der Waals surface area (Å²) in [6.45, 7) is 3.43. The van der Waals surface area contributed by atoms with Gasteiger partial charge >= 0.3 is 18.1 Å². The number of aromatic nitrogens is 4. The van der Waals surface area contributed by atoms with Gasteiger partial charge < -0.3 is 10.2 Å². The first-order chi connectivity index (χ1) is 16.5. The van der Waals surface area contributed by atoms with Gasteiger partial charge in [-0.3, -0.25) is 10.1 Å². The van der Waals surface area contributed by atoms with Crippen LogP contribution in [-0.2, 0) is 13.2 Å². The lowest BCUT2D eigenvalue weighted by atomic mass is 10.0. The van der Waals surface area contributed by atoms with E-state index < -0.39 is 29.5 Å². The number of carbonyl (C=O) groups excluding carboxylic acids is 2. The third-order valence-electron chi connectivity index (χ3n) is 6.01. The minimum atomic E-state index is -4.93. The molecule has 1 aromatic carbocycles. The minimum Gasteiger partial charge on any atom is -0.308 e. The van der Waals surface area contributed by atoms with Crippen molar-refractivity contribution in [2.75, 3.05) is 25.5 Å². The highest BCUT2D eigenvalue weighted by Crippen LogP contribution is 2.33. The number of hydrogen-bond donors (Lipinski definition) is 2. The summed E-state index contributed by atoms with van der Waals surface area (Å²) in [5.74, 6) is -2.25. The Bertz CT molecular complexity index is 1300. The third kappa shape index (κ3) is 4.94. The lowest BCUT2D eigenvalue weighted by Gasteiger charge is -2.26. The molecule has 0 unspecified atom stereocenters. The second-order valence-corrected chi connectivity index (χ2v) is 8.53. The molecule has 0 atom stereocenters. The number of anilines is 1. The van der Waals surface area contributed by atoms with Crippen LogP contribution in [0.1, 0.15) is 40.6 Å². The zero-order chi connectivity index (χ0) is 25.5. The quantitative estimate of drug-likeness (QED) is 0.431. The number of benzene rings is 1. The van der Waals surface area contributed by atoms with E-state index in [9.17, 15) is 27.2 Å². The first-order valence-electron chi connectivity index (χ1n) is 10.9. The summed E-state index contributed by atoms with van der Waals surface area (Å²) in [5.41, 5.74) is 0.191. The van der Waals surface area contributed by atoms with Crippen molar-refractivity contribution in [1.29, 1.82) is 0 Å². The van der Waals surface area contributed by atoms with E-state index in [2.05, 4.69) is 25.6 Å². The highest BCUT2D eigenvalue weighted by molar-refractivity contribution is 6.06. The van der Waals surface area contributed by atoms with Crippen molar-refractivity contribution in [3.8, 4) is 0 Å². The lowest BCUT2D eigenvalue weighted by molar-refractivity contribution is -0.703. The monoisotopic (exact) mass is 494 g/mol. The molecule has 9 nitrogen and oxygen atoms in total. The molecule has 3 heterocycles. The van der Waals surface area contributed by atoms with Crippen molar-refractivity contribution >= 4 is 28.8 Å². The SMILES string of the molecule is Cc1nn(C)c2ncc(C(=O)NC(=O)Nc3ccc(F)c(C(F)(F)F)c3)[n+](C3CCN(C)CC3)c12. The first-order valence-corrected chi connectivity index (χ1v) is 10.9. The van der Waals surface area contributed by atoms with E-state index in [0.717, 1.165) is 32.0 Å². The maximum absolute atomic E-state index is 13.5. The zero-order valence-corrected chi connectivity index (χ0v) is 19.3. The van der Waals surface area contributed by atoms with Crippen molar-refractivity contribution in [2.24, 2.45) is 7.05 Å². The fraction of sp³-hybridized carbons (Fsp3) is 0.409. The van der Waals surface area contributed by atoms with Crippen LogP contribution in [-0.4, -0.2) is 51.7 Å². The van der Waals surface area contributed by atoms with Crippen LogP contribution in [0.25, 0.3) is 11.2 Å². The predicted octanol–water partition coefficient (Wildman–Crippen LogP) is 2.95. The van der Waals surface area contributed by atoms with Crippen LogP contribution in [0.2, 0.25) is 0 Å². The number of nitrogens with one attached hydrogen (secondary N) is 2. The number of imide groups is 1. The molecule has 2 aromatic heterocycles. The number of aryl methyl sites for hydroxylation is 2. The highest BCUT2D eigenvalue weighted by atomic mass is 19.4. The maximum Gasteiger partial charge on any atom is 0.419 e. The van der Waals surface area contributed by atoms with Gasteiger partial charge in [-0.15, -0.1) is 0 Å². The number of carbonyl (C=O) groups is 2. The maximum atomic E-state index is 13.5. The Hall–Kier alpha value is -3.61. The summed E-state index contributed by atoms with van der Waals surface area (Å²) in [4.78, 5) is 32.1. The molecule has 0 aliphatic carbocycles. The van der Waals surface area contributed by atoms with Gasteiger partial charge in [-0.05, 0) is 32.2 Å². The summed E-state index contributed by atoms with van der Waals surface area (Å²) in [7, 11) is 3.75. The number of alkyl halides is 3. The Morgan fingerprint density at radius 3 is 2.51 bits per heavy atom. The number of urea groups is 1. The third-order valence-corrected chi connectivity index (χ3v) is 6.01. The predicted molar refractivity (Wildman–Crippen MR) is 117 cm³/mol. The van der Waals surface area contributed by atoms with Crippen LogP contribution in [0.5, 0.6) is 0 Å². The van der Waals surface area contributed by atoms with Gasteiger partial charge in [0, 0.05) is 38.7 Å². The fourth-order valence-electron chi connectivity index (χ4n) is 4.32. The number of fused-ring (bicyclic) bond motifs is 1. The molecule has 0 radical (unpaired) electrons. The average molecular weight is 494 g/mol. The largest absolute Gasteiger partial charge is 0.419 e. The second-order valence-electron chi connectivity index (χ2n) is 8.53. The molecule has 2 N–H and O–H groups in total. The molecule has 1 aliphatic rings. The first kappa shape index (κ1) is 24.5. The normalized spacial score (nSPS) is 15.4. The Balaban J connectivity index is 1.62. The van der Waals surface area contributed by atoms with Gasteiger partial charge in [0.25, 0.3) is 11.2 Å². The molecule has 4 rings (SSSR count). The van der Waals surface area contributed by atoms with E-state index in [0.29, 0.717) is 29.0 Å². The minimum absolute atomic E-state index is 0.0464. The number of halogens is 4. The van der Waals surface area contributed by atoms with E-state index in [-0.39, 0.29) is 17.4 Å². The Morgan fingerprint density at radius 2 is 1.86 bits per heavy atom. The van der Waals surface area contributed by atoms with Gasteiger partial charge in [-0.1, -0.05) is 0 Å². The summed E-state index contributed by atoms with van der Waals surface area (Å²) in [5, 5.41) is 8.69. The highest BCUT2D eigenvalue weighted by Gasteiger charge is 2.36. The van der Waals surface area contributed by atoms with Crippen molar-refractivity contribution in [3.63, 3.8) is 0 Å². The van der Waals surface area contributed by atoms with Gasteiger partial charge in [-0.2, -0.15) is 22.8 Å².